The summed E-state index contributed by atoms with van der Waals surface area (Å²) in [7, 11) is 5.41. The number of carbonyl (C=O) groups is 1. The Morgan fingerprint density at radius 2 is 1.94 bits per heavy atom. The van der Waals surface area contributed by atoms with Crippen LogP contribution in [0.3, 0.4) is 0 Å². The number of likely N-dealkylation sites (N-methyl/N-ethyl adjacent to an activating group) is 1. The number of nitrogens with one attached hydrogen (secondary N) is 1. The summed E-state index contributed by atoms with van der Waals surface area (Å²) < 4.78 is 5.12. The van der Waals surface area contributed by atoms with Gasteiger partial charge in [0.1, 0.15) is 0 Å². The molecule has 0 fully saturated rings. The van der Waals surface area contributed by atoms with Crippen LogP contribution in [0.15, 0.2) is 24.3 Å². The van der Waals surface area contributed by atoms with E-state index in [9.17, 15) is 4.79 Å². The fourth-order valence-corrected chi connectivity index (χ4v) is 1.56. The van der Waals surface area contributed by atoms with Gasteiger partial charge < -0.3 is 15.0 Å². The highest BCUT2D eigenvalue weighted by molar-refractivity contribution is 5.77. The maximum absolute atomic E-state index is 11.5. The van der Waals surface area contributed by atoms with Crippen molar-refractivity contribution in [3.05, 3.63) is 35.4 Å². The lowest BCUT2D eigenvalue weighted by Gasteiger charge is -2.12. The minimum absolute atomic E-state index is 0.0298. The van der Waals surface area contributed by atoms with Crippen LogP contribution < -0.4 is 5.32 Å². The van der Waals surface area contributed by atoms with Crippen molar-refractivity contribution >= 4 is 5.91 Å². The van der Waals surface area contributed by atoms with Crippen LogP contribution in [0.5, 0.6) is 0 Å². The summed E-state index contributed by atoms with van der Waals surface area (Å²) in [5.41, 5.74) is 2.21. The first-order chi connectivity index (χ1) is 8.13. The van der Waals surface area contributed by atoms with Gasteiger partial charge in [-0.05, 0) is 25.2 Å². The smallest absolute Gasteiger partial charge is 0.234 e. The van der Waals surface area contributed by atoms with Crippen LogP contribution in [0.1, 0.15) is 11.1 Å². The molecule has 1 amide bonds. The second-order valence-corrected chi connectivity index (χ2v) is 4.22. The first-order valence-electron chi connectivity index (χ1n) is 5.60. The number of ether oxygens (including phenoxy) is 1. The number of hydrogen-bond acceptors (Lipinski definition) is 3. The summed E-state index contributed by atoms with van der Waals surface area (Å²) in [5, 5.41) is 2.89. The van der Waals surface area contributed by atoms with Crippen LogP contribution in [0, 0.1) is 0 Å². The highest BCUT2D eigenvalue weighted by atomic mass is 16.5. The molecule has 0 aromatic heterocycles. The van der Waals surface area contributed by atoms with Gasteiger partial charge in [-0.15, -0.1) is 0 Å². The lowest BCUT2D eigenvalue weighted by Crippen LogP contribution is -2.33. The first-order valence-corrected chi connectivity index (χ1v) is 5.60. The molecule has 94 valence electrons. The van der Waals surface area contributed by atoms with Gasteiger partial charge in [-0.2, -0.15) is 0 Å². The number of nitrogens with zero attached hydrogens (tertiary/aromatic N) is 1. The average Bonchev–Trinajstić information content (AvgIpc) is 2.27. The number of carbonyl (C=O) groups excluding carboxylic acids is 1. The van der Waals surface area contributed by atoms with Gasteiger partial charge in [0.2, 0.25) is 5.91 Å². The predicted molar refractivity (Wildman–Crippen MR) is 67.6 cm³/mol. The fourth-order valence-electron chi connectivity index (χ4n) is 1.56. The molecule has 0 radical (unpaired) electrons. The Balaban J connectivity index is 2.53. The van der Waals surface area contributed by atoms with Gasteiger partial charge in [0.25, 0.3) is 0 Å². The predicted octanol–water partition coefficient (Wildman–Crippen LogP) is 1.01. The van der Waals surface area contributed by atoms with Gasteiger partial charge in [-0.25, -0.2) is 0 Å². The molecule has 0 aliphatic carbocycles. The number of benzene rings is 1. The summed E-state index contributed by atoms with van der Waals surface area (Å²) in [6.07, 6.45) is 0. The Hall–Kier alpha value is -1.39. The normalized spacial score (nSPS) is 10.6. The molecular weight excluding hydrogens is 216 g/mol. The summed E-state index contributed by atoms with van der Waals surface area (Å²) >= 11 is 0. The van der Waals surface area contributed by atoms with E-state index in [4.69, 9.17) is 4.74 Å². The van der Waals surface area contributed by atoms with E-state index in [1.54, 1.807) is 7.11 Å². The number of hydrogen-bond donors (Lipinski definition) is 1. The van der Waals surface area contributed by atoms with Crippen molar-refractivity contribution in [3.63, 3.8) is 0 Å². The molecule has 1 N–H and O–H groups in total. The van der Waals surface area contributed by atoms with Crippen LogP contribution >= 0.6 is 0 Å². The van der Waals surface area contributed by atoms with Gasteiger partial charge >= 0.3 is 0 Å². The molecule has 0 atom stereocenters. The molecule has 4 heteroatoms. The molecule has 4 nitrogen and oxygen atoms in total. The Morgan fingerprint density at radius 3 is 2.53 bits per heavy atom. The molecule has 0 bridgehead atoms. The summed E-state index contributed by atoms with van der Waals surface area (Å²) in [6.45, 7) is 1.53. The van der Waals surface area contributed by atoms with Gasteiger partial charge in [0, 0.05) is 13.7 Å². The largest absolute Gasteiger partial charge is 0.380 e. The zero-order chi connectivity index (χ0) is 12.7. The lowest BCUT2D eigenvalue weighted by atomic mass is 10.1. The summed E-state index contributed by atoms with van der Waals surface area (Å²) in [4.78, 5) is 13.4. The average molecular weight is 236 g/mol. The second-order valence-electron chi connectivity index (χ2n) is 4.22. The zero-order valence-corrected chi connectivity index (χ0v) is 10.7. The number of rotatable bonds is 6. The van der Waals surface area contributed by atoms with E-state index < -0.39 is 0 Å². The molecule has 1 aromatic rings. The minimum Gasteiger partial charge on any atom is -0.380 e. The maximum Gasteiger partial charge on any atom is 0.234 e. The molecular formula is C13H20N2O2. The fraction of sp³-hybridized carbons (Fsp3) is 0.462. The van der Waals surface area contributed by atoms with Crippen molar-refractivity contribution < 1.29 is 9.53 Å². The quantitative estimate of drug-likeness (QED) is 0.801. The van der Waals surface area contributed by atoms with Crippen LogP contribution in [-0.4, -0.2) is 38.6 Å². The zero-order valence-electron chi connectivity index (χ0n) is 10.7. The lowest BCUT2D eigenvalue weighted by molar-refractivity contribution is -0.121. The van der Waals surface area contributed by atoms with Gasteiger partial charge in [0.05, 0.1) is 13.2 Å². The molecule has 0 saturated heterocycles. The van der Waals surface area contributed by atoms with Crippen molar-refractivity contribution in [2.45, 2.75) is 13.2 Å². The third kappa shape index (κ3) is 4.97. The van der Waals surface area contributed by atoms with Gasteiger partial charge in [0.15, 0.2) is 0 Å². The molecule has 0 aliphatic rings. The van der Waals surface area contributed by atoms with Crippen molar-refractivity contribution in [2.24, 2.45) is 0 Å². The second kappa shape index (κ2) is 7.04. The van der Waals surface area contributed by atoms with E-state index in [1.807, 2.05) is 43.3 Å². The standard InChI is InChI=1S/C13H20N2O2/c1-15(2)9-13(16)14-8-11-6-4-5-7-12(11)10-17-3/h4-7H,8-10H2,1-3H3,(H,14,16). The van der Waals surface area contributed by atoms with E-state index in [0.29, 0.717) is 19.7 Å². The van der Waals surface area contributed by atoms with Crippen LogP contribution in [-0.2, 0) is 22.7 Å². The molecule has 1 rings (SSSR count). The van der Waals surface area contributed by atoms with Crippen molar-refractivity contribution in [2.75, 3.05) is 27.7 Å². The van der Waals surface area contributed by atoms with Crippen LogP contribution in [0.2, 0.25) is 0 Å². The Labute approximate surface area is 103 Å². The SMILES string of the molecule is COCc1ccccc1CNC(=O)CN(C)C. The molecule has 0 heterocycles. The molecule has 0 aliphatic heterocycles. The Bertz CT molecular complexity index is 364. The summed E-state index contributed by atoms with van der Waals surface area (Å²) in [5.74, 6) is 0.0298. The third-order valence-electron chi connectivity index (χ3n) is 2.35. The van der Waals surface area contributed by atoms with E-state index in [-0.39, 0.29) is 5.91 Å². The minimum atomic E-state index is 0.0298. The Morgan fingerprint density at radius 1 is 1.29 bits per heavy atom. The highest BCUT2D eigenvalue weighted by Crippen LogP contribution is 2.09. The van der Waals surface area contributed by atoms with Crippen molar-refractivity contribution in [1.82, 2.24) is 10.2 Å². The van der Waals surface area contributed by atoms with Gasteiger partial charge in [-0.3, -0.25) is 4.79 Å². The molecule has 1 aromatic carbocycles. The van der Waals surface area contributed by atoms with Gasteiger partial charge in [-0.1, -0.05) is 24.3 Å². The van der Waals surface area contributed by atoms with E-state index in [0.717, 1.165) is 11.1 Å². The monoisotopic (exact) mass is 236 g/mol. The maximum atomic E-state index is 11.5. The molecule has 0 spiro atoms. The molecule has 0 unspecified atom stereocenters. The van der Waals surface area contributed by atoms with Crippen molar-refractivity contribution in [3.8, 4) is 0 Å². The van der Waals surface area contributed by atoms with E-state index in [1.165, 1.54) is 0 Å². The topological polar surface area (TPSA) is 41.6 Å². The number of methoxy groups -OCH3 is 1. The third-order valence-corrected chi connectivity index (χ3v) is 2.35. The van der Waals surface area contributed by atoms with Crippen molar-refractivity contribution in [1.29, 1.82) is 0 Å². The van der Waals surface area contributed by atoms with E-state index >= 15 is 0 Å². The van der Waals surface area contributed by atoms with Crippen LogP contribution in [0.4, 0.5) is 0 Å². The van der Waals surface area contributed by atoms with E-state index in [2.05, 4.69) is 5.32 Å². The van der Waals surface area contributed by atoms with Crippen LogP contribution in [0.25, 0.3) is 0 Å². The Kier molecular flexibility index (Phi) is 5.66. The first kappa shape index (κ1) is 13.7. The highest BCUT2D eigenvalue weighted by Gasteiger charge is 2.05. The molecule has 17 heavy (non-hydrogen) atoms. The number of amides is 1. The molecule has 0 saturated carbocycles. The summed E-state index contributed by atoms with van der Waals surface area (Å²) in [6, 6.07) is 7.95.